The van der Waals surface area contributed by atoms with E-state index in [1.54, 1.807) is 12.1 Å². The van der Waals surface area contributed by atoms with Crippen molar-refractivity contribution in [1.29, 1.82) is 0 Å². The van der Waals surface area contributed by atoms with Crippen LogP contribution in [0.4, 0.5) is 0 Å². The third-order valence-electron chi connectivity index (χ3n) is 3.39. The number of carbonyl (C=O) groups is 3. The van der Waals surface area contributed by atoms with Gasteiger partial charge >= 0.3 is 5.97 Å². The average Bonchev–Trinajstić information content (AvgIpc) is 2.75. The smallest absolute Gasteiger partial charge is 0.300 e. The van der Waals surface area contributed by atoms with Crippen molar-refractivity contribution in [3.8, 4) is 0 Å². The van der Waals surface area contributed by atoms with Gasteiger partial charge in [-0.3, -0.25) is 14.9 Å². The minimum absolute atomic E-state index is 0.198. The molecule has 1 aromatic carbocycles. The minimum Gasteiger partial charge on any atom is -0.300 e. The molecule has 0 spiro atoms. The van der Waals surface area contributed by atoms with Crippen LogP contribution in [0.15, 0.2) is 18.2 Å². The summed E-state index contributed by atoms with van der Waals surface area (Å²) in [4.78, 5) is 39.0. The van der Waals surface area contributed by atoms with Gasteiger partial charge in [0.05, 0.1) is 17.0 Å². The Morgan fingerprint density at radius 2 is 2.10 bits per heavy atom. The van der Waals surface area contributed by atoms with Crippen LogP contribution in [-0.4, -0.2) is 23.0 Å². The Morgan fingerprint density at radius 3 is 2.75 bits per heavy atom. The van der Waals surface area contributed by atoms with Crippen molar-refractivity contribution in [1.82, 2.24) is 5.32 Å². The number of hydrogen-bond acceptors (Lipinski definition) is 5. The summed E-state index contributed by atoms with van der Waals surface area (Å²) in [5.41, 5.74) is 0.863. The maximum absolute atomic E-state index is 11.8. The molecule has 0 fully saturated rings. The van der Waals surface area contributed by atoms with Crippen LogP contribution in [0.25, 0.3) is 0 Å². The van der Waals surface area contributed by atoms with Crippen LogP contribution in [-0.2, 0) is 9.68 Å². The summed E-state index contributed by atoms with van der Waals surface area (Å²) in [6.07, 6.45) is 2.03. The molecule has 1 heterocycles. The molecule has 0 saturated heterocycles. The lowest BCUT2D eigenvalue weighted by Crippen LogP contribution is -2.22. The molecule has 2 N–H and O–H groups in total. The monoisotopic (exact) mass is 277 g/mol. The van der Waals surface area contributed by atoms with E-state index in [-0.39, 0.29) is 11.1 Å². The lowest BCUT2D eigenvalue weighted by molar-refractivity contribution is -0.236. The fraction of sp³-hybridized carbons (Fsp3) is 0.357. The van der Waals surface area contributed by atoms with E-state index >= 15 is 0 Å². The molecule has 0 bridgehead atoms. The average molecular weight is 277 g/mol. The van der Waals surface area contributed by atoms with Gasteiger partial charge in [0.2, 0.25) is 0 Å². The van der Waals surface area contributed by atoms with E-state index in [9.17, 15) is 14.4 Å². The van der Waals surface area contributed by atoms with Gasteiger partial charge in [0, 0.05) is 0 Å². The van der Waals surface area contributed by atoms with Gasteiger partial charge in [-0.2, -0.15) is 5.26 Å². The summed E-state index contributed by atoms with van der Waals surface area (Å²) in [7, 11) is 0. The first-order chi connectivity index (χ1) is 9.60. The Labute approximate surface area is 115 Å². The topological polar surface area (TPSA) is 92.7 Å². The van der Waals surface area contributed by atoms with Crippen molar-refractivity contribution in [3.63, 3.8) is 0 Å². The normalized spacial score (nSPS) is 14.7. The number of amides is 2. The van der Waals surface area contributed by atoms with Crippen LogP contribution in [0.1, 0.15) is 58.4 Å². The second-order valence-electron chi connectivity index (χ2n) is 4.66. The minimum atomic E-state index is -0.820. The van der Waals surface area contributed by atoms with Gasteiger partial charge in [-0.05, 0) is 18.1 Å². The first-order valence-electron chi connectivity index (χ1n) is 6.44. The maximum Gasteiger partial charge on any atom is 0.349 e. The molecule has 1 atom stereocenters. The summed E-state index contributed by atoms with van der Waals surface area (Å²) in [5.74, 6) is -2.57. The quantitative estimate of drug-likeness (QED) is 0.487. The van der Waals surface area contributed by atoms with Gasteiger partial charge in [0.1, 0.15) is 0 Å². The van der Waals surface area contributed by atoms with Crippen molar-refractivity contribution in [2.24, 2.45) is 0 Å². The van der Waals surface area contributed by atoms with Crippen molar-refractivity contribution < 1.29 is 24.5 Å². The number of hydrogen-bond donors (Lipinski definition) is 2. The fourth-order valence-electron chi connectivity index (χ4n) is 2.41. The fourth-order valence-corrected chi connectivity index (χ4v) is 2.41. The Morgan fingerprint density at radius 1 is 1.35 bits per heavy atom. The summed E-state index contributed by atoms with van der Waals surface area (Å²) >= 11 is 0. The van der Waals surface area contributed by atoms with Crippen LogP contribution in [0.5, 0.6) is 0 Å². The van der Waals surface area contributed by atoms with Gasteiger partial charge in [-0.1, -0.05) is 31.9 Å². The third-order valence-corrected chi connectivity index (χ3v) is 3.39. The summed E-state index contributed by atoms with van der Waals surface area (Å²) < 4.78 is 0. The lowest BCUT2D eigenvalue weighted by atomic mass is 9.88. The van der Waals surface area contributed by atoms with Gasteiger partial charge in [0.25, 0.3) is 11.8 Å². The van der Waals surface area contributed by atoms with Crippen LogP contribution >= 0.6 is 0 Å². The third kappa shape index (κ3) is 2.42. The van der Waals surface area contributed by atoms with E-state index < -0.39 is 23.7 Å². The molecule has 0 radical (unpaired) electrons. The molecule has 2 rings (SSSR count). The van der Waals surface area contributed by atoms with Gasteiger partial charge < -0.3 is 4.89 Å². The van der Waals surface area contributed by atoms with Crippen molar-refractivity contribution in [2.45, 2.75) is 32.1 Å². The second-order valence-corrected chi connectivity index (χ2v) is 4.66. The van der Waals surface area contributed by atoms with Crippen LogP contribution in [0.2, 0.25) is 0 Å². The first-order valence-corrected chi connectivity index (χ1v) is 6.44. The summed E-state index contributed by atoms with van der Waals surface area (Å²) in [6.45, 7) is 1.97. The van der Waals surface area contributed by atoms with Crippen molar-refractivity contribution in [2.75, 3.05) is 0 Å². The van der Waals surface area contributed by atoms with Gasteiger partial charge in [0.15, 0.2) is 0 Å². The number of benzene rings is 1. The summed E-state index contributed by atoms with van der Waals surface area (Å²) in [5, 5.41) is 10.8. The van der Waals surface area contributed by atoms with E-state index in [0.29, 0.717) is 12.0 Å². The lowest BCUT2D eigenvalue weighted by Gasteiger charge is -2.15. The molecular formula is C14H15NO5. The highest BCUT2D eigenvalue weighted by Gasteiger charge is 2.34. The molecule has 1 aliphatic heterocycles. The number of imide groups is 1. The van der Waals surface area contributed by atoms with Crippen LogP contribution in [0.3, 0.4) is 0 Å². The van der Waals surface area contributed by atoms with E-state index in [2.05, 4.69) is 10.2 Å². The van der Waals surface area contributed by atoms with Crippen molar-refractivity contribution in [3.05, 3.63) is 34.9 Å². The van der Waals surface area contributed by atoms with Crippen LogP contribution in [0, 0.1) is 0 Å². The van der Waals surface area contributed by atoms with Gasteiger partial charge in [-0.15, -0.1) is 0 Å². The molecule has 1 unspecified atom stereocenters. The molecule has 6 heteroatoms. The molecule has 1 aliphatic rings. The number of nitrogens with one attached hydrogen (secondary N) is 1. The molecule has 106 valence electrons. The Hall–Kier alpha value is -2.21. The Balaban J connectivity index is 2.47. The second kappa shape index (κ2) is 5.83. The zero-order chi connectivity index (χ0) is 14.7. The number of fused-ring (bicyclic) bond motifs is 1. The predicted octanol–water partition coefficient (Wildman–Crippen LogP) is 1.86. The van der Waals surface area contributed by atoms with E-state index in [4.69, 9.17) is 5.26 Å². The number of rotatable bonds is 5. The highest BCUT2D eigenvalue weighted by Crippen LogP contribution is 2.30. The molecule has 6 nitrogen and oxygen atoms in total. The number of carbonyl (C=O) groups excluding carboxylic acids is 3. The highest BCUT2D eigenvalue weighted by atomic mass is 17.1. The summed E-state index contributed by atoms with van der Waals surface area (Å²) in [6, 6.07) is 4.74. The molecule has 20 heavy (non-hydrogen) atoms. The van der Waals surface area contributed by atoms with Gasteiger partial charge in [-0.25, -0.2) is 4.79 Å². The number of unbranched alkanes of at least 4 members (excludes halogenated alkanes) is 1. The van der Waals surface area contributed by atoms with E-state index in [1.807, 2.05) is 6.92 Å². The Bertz CT molecular complexity index is 567. The van der Waals surface area contributed by atoms with E-state index in [0.717, 1.165) is 12.8 Å². The maximum atomic E-state index is 11.8. The SMILES string of the molecule is CCCCC(C(=O)OO)c1cccc2c1C(=O)NC2=O. The largest absolute Gasteiger partial charge is 0.349 e. The zero-order valence-corrected chi connectivity index (χ0v) is 11.0. The molecule has 0 aromatic heterocycles. The van der Waals surface area contributed by atoms with E-state index in [1.165, 1.54) is 6.07 Å². The predicted molar refractivity (Wildman–Crippen MR) is 69.2 cm³/mol. The molecule has 2 amide bonds. The zero-order valence-electron chi connectivity index (χ0n) is 11.0. The standard InChI is InChI=1S/C14H15NO5/c1-2-3-5-9(14(18)20-19)8-6-4-7-10-11(8)13(17)15-12(10)16/h4,6-7,9,19H,2-3,5H2,1H3,(H,15,16,17). The van der Waals surface area contributed by atoms with Crippen molar-refractivity contribution >= 4 is 17.8 Å². The highest BCUT2D eigenvalue weighted by molar-refractivity contribution is 6.22. The Kier molecular flexibility index (Phi) is 4.14. The molecule has 1 aromatic rings. The molecule has 0 saturated carbocycles. The first kappa shape index (κ1) is 14.2. The van der Waals surface area contributed by atoms with Crippen LogP contribution < -0.4 is 5.32 Å². The molecular weight excluding hydrogens is 262 g/mol. The molecule has 0 aliphatic carbocycles.